The fourth-order valence-electron chi connectivity index (χ4n) is 5.11. The molecule has 5 aromatic carbocycles. The predicted molar refractivity (Wildman–Crippen MR) is 215 cm³/mol. The van der Waals surface area contributed by atoms with Crippen LogP contribution in [0.4, 0.5) is 53.3 Å². The lowest BCUT2D eigenvalue weighted by molar-refractivity contribution is -0.122. The molecule has 56 heavy (non-hydrogen) atoms. The van der Waals surface area contributed by atoms with Gasteiger partial charge in [0.1, 0.15) is 0 Å². The number of anilines is 6. The zero-order valence-electron chi connectivity index (χ0n) is 30.0. The molecule has 0 aliphatic carbocycles. The van der Waals surface area contributed by atoms with Crippen LogP contribution < -0.4 is 52.8 Å². The molecule has 0 aliphatic rings. The Hall–Kier alpha value is -7.88. The molecule has 0 saturated carbocycles. The van der Waals surface area contributed by atoms with E-state index in [-0.39, 0.29) is 25.9 Å². The second-order valence-corrected chi connectivity index (χ2v) is 11.9. The Morgan fingerprint density at radius 2 is 0.643 bits per heavy atom. The normalized spacial score (nSPS) is 10.1. The van der Waals surface area contributed by atoms with Gasteiger partial charge in [-0.05, 0) is 72.8 Å². The van der Waals surface area contributed by atoms with E-state index in [0.29, 0.717) is 34.1 Å². The first-order valence-corrected chi connectivity index (χ1v) is 17.4. The van der Waals surface area contributed by atoms with E-state index in [1.165, 1.54) is 9.80 Å². The molecule has 0 unspecified atom stereocenters. The molecule has 0 aromatic heterocycles. The number of benzene rings is 5. The topological polar surface area (TPSA) is 205 Å². The highest BCUT2D eigenvalue weighted by Crippen LogP contribution is 2.24. The molecule has 0 fully saturated rings. The van der Waals surface area contributed by atoms with Crippen molar-refractivity contribution in [1.29, 1.82) is 0 Å². The zero-order chi connectivity index (χ0) is 39.5. The Labute approximate surface area is 322 Å². The monoisotopic (exact) mass is 756 g/mol. The summed E-state index contributed by atoms with van der Waals surface area (Å²) in [5.41, 5.74) is 12.1. The second kappa shape index (κ2) is 20.4. The van der Waals surface area contributed by atoms with Crippen molar-refractivity contribution in [2.75, 3.05) is 44.2 Å². The first-order chi connectivity index (χ1) is 27.2. The summed E-state index contributed by atoms with van der Waals surface area (Å²) in [6, 6.07) is 38.9. The highest BCUT2D eigenvalue weighted by molar-refractivity contribution is 6.04. The van der Waals surface area contributed by atoms with Crippen LogP contribution >= 0.6 is 0 Å². The smallest absolute Gasteiger partial charge is 0.308 e. The summed E-state index contributed by atoms with van der Waals surface area (Å²) in [6.45, 7) is -0.176. The van der Waals surface area contributed by atoms with E-state index in [4.69, 9.17) is 0 Å². The lowest BCUT2D eigenvalue weighted by atomic mass is 10.2. The average Bonchev–Trinajstić information content (AvgIpc) is 3.21. The minimum atomic E-state index is -0.651. The van der Waals surface area contributed by atoms with Gasteiger partial charge in [0.25, 0.3) is 0 Å². The van der Waals surface area contributed by atoms with E-state index in [0.717, 1.165) is 0 Å². The number of rotatable bonds is 12. The summed E-state index contributed by atoms with van der Waals surface area (Å²) < 4.78 is 0. The summed E-state index contributed by atoms with van der Waals surface area (Å²) in [5, 5.41) is 10.8. The molecule has 16 nitrogen and oxygen atoms in total. The molecule has 0 atom stereocenters. The van der Waals surface area contributed by atoms with E-state index in [1.54, 1.807) is 146 Å². The number of amides is 10. The molecule has 0 radical (unpaired) electrons. The standard InChI is InChI=1S/C40H40N10O6/c51-35(45-47-37(53)41-29-13-5-1-6-14-29)25-27-49(39(55)43-31-17-9-3-10-18-31)33-21-23-34(24-22-33)50(40(56)44-32-19-11-4-12-20-32)28-26-36(52)46-48-38(54)42-30-15-7-2-8-16-30/h1-24H,25-28H2,(H,43,55)(H,44,56)(H,45,51)(H,46,52)(H2,41,47,53)(H2,42,48,54). The van der Waals surface area contributed by atoms with Crippen LogP contribution in [-0.4, -0.2) is 49.0 Å². The van der Waals surface area contributed by atoms with Gasteiger partial charge in [-0.25, -0.2) is 30.0 Å². The lowest BCUT2D eigenvalue weighted by Crippen LogP contribution is -2.45. The Kier molecular flexibility index (Phi) is 14.3. The number of nitrogens with one attached hydrogen (secondary N) is 8. The van der Waals surface area contributed by atoms with Gasteiger partial charge in [0.15, 0.2) is 0 Å². The summed E-state index contributed by atoms with van der Waals surface area (Å²) in [4.78, 5) is 79.8. The quantitative estimate of drug-likeness (QED) is 0.0691. The van der Waals surface area contributed by atoms with E-state index in [2.05, 4.69) is 43.0 Å². The molecule has 286 valence electrons. The van der Waals surface area contributed by atoms with Crippen LogP contribution in [0.2, 0.25) is 0 Å². The predicted octanol–water partition coefficient (Wildman–Crippen LogP) is 6.25. The molecule has 16 heteroatoms. The van der Waals surface area contributed by atoms with Crippen molar-refractivity contribution in [2.24, 2.45) is 0 Å². The maximum Gasteiger partial charge on any atom is 0.337 e. The van der Waals surface area contributed by atoms with E-state index < -0.39 is 35.9 Å². The van der Waals surface area contributed by atoms with Crippen LogP contribution in [0.1, 0.15) is 12.8 Å². The van der Waals surface area contributed by atoms with Crippen LogP contribution in [0, 0.1) is 0 Å². The van der Waals surface area contributed by atoms with Gasteiger partial charge in [0.2, 0.25) is 11.8 Å². The molecular weight excluding hydrogens is 717 g/mol. The molecule has 5 aromatic rings. The number of nitrogens with zero attached hydrogens (tertiary/aromatic N) is 2. The van der Waals surface area contributed by atoms with Crippen LogP contribution in [0.5, 0.6) is 0 Å². The van der Waals surface area contributed by atoms with Crippen molar-refractivity contribution in [1.82, 2.24) is 21.7 Å². The molecule has 0 spiro atoms. The maximum atomic E-state index is 13.6. The summed E-state index contributed by atoms with van der Waals surface area (Å²) in [5.74, 6) is -1.12. The first kappa shape index (κ1) is 39.3. The third kappa shape index (κ3) is 12.7. The van der Waals surface area contributed by atoms with Crippen molar-refractivity contribution in [3.63, 3.8) is 0 Å². The molecule has 0 aliphatic heterocycles. The van der Waals surface area contributed by atoms with Gasteiger partial charge >= 0.3 is 24.1 Å². The molecule has 0 saturated heterocycles. The molecule has 8 N–H and O–H groups in total. The van der Waals surface area contributed by atoms with Crippen molar-refractivity contribution in [3.8, 4) is 0 Å². The third-order valence-corrected chi connectivity index (χ3v) is 7.83. The minimum Gasteiger partial charge on any atom is -0.308 e. The van der Waals surface area contributed by atoms with Crippen LogP contribution in [0.3, 0.4) is 0 Å². The third-order valence-electron chi connectivity index (χ3n) is 7.83. The number of carbonyl (C=O) groups excluding carboxylic acids is 6. The SMILES string of the molecule is O=C(CCN(C(=O)Nc1ccccc1)c1ccc(N(CCC(=O)NNC(=O)Nc2ccccc2)C(=O)Nc2ccccc2)cc1)NNC(=O)Nc1ccccc1. The number of carbonyl (C=O) groups is 6. The van der Waals surface area contributed by atoms with Crippen LogP contribution in [0.15, 0.2) is 146 Å². The Balaban J connectivity index is 1.26. The molecule has 0 heterocycles. The van der Waals surface area contributed by atoms with Crippen molar-refractivity contribution in [2.45, 2.75) is 12.8 Å². The van der Waals surface area contributed by atoms with E-state index in [1.807, 2.05) is 0 Å². The van der Waals surface area contributed by atoms with Gasteiger partial charge in [-0.2, -0.15) is 0 Å². The van der Waals surface area contributed by atoms with Gasteiger partial charge in [-0.15, -0.1) is 0 Å². The number of urea groups is 4. The average molecular weight is 757 g/mol. The first-order valence-electron chi connectivity index (χ1n) is 17.4. The molecule has 5 rings (SSSR count). The number of hydrogen-bond donors (Lipinski definition) is 8. The van der Waals surface area contributed by atoms with Gasteiger partial charge in [-0.1, -0.05) is 72.8 Å². The van der Waals surface area contributed by atoms with E-state index in [9.17, 15) is 28.8 Å². The van der Waals surface area contributed by atoms with Gasteiger partial charge < -0.3 is 21.3 Å². The Bertz CT molecular complexity index is 1920. The van der Waals surface area contributed by atoms with Crippen molar-refractivity contribution < 1.29 is 28.8 Å². The molecular formula is C40H40N10O6. The summed E-state index contributed by atoms with van der Waals surface area (Å²) >= 11 is 0. The fourth-order valence-corrected chi connectivity index (χ4v) is 5.11. The lowest BCUT2D eigenvalue weighted by Gasteiger charge is -2.26. The highest BCUT2D eigenvalue weighted by Gasteiger charge is 2.21. The minimum absolute atomic E-state index is 0.0882. The van der Waals surface area contributed by atoms with Crippen LogP contribution in [-0.2, 0) is 9.59 Å². The van der Waals surface area contributed by atoms with Gasteiger partial charge in [0.05, 0.1) is 0 Å². The fraction of sp³-hybridized carbons (Fsp3) is 0.100. The summed E-state index contributed by atoms with van der Waals surface area (Å²) in [6.07, 6.45) is -0.374. The molecule has 10 amide bonds. The van der Waals surface area contributed by atoms with Crippen molar-refractivity contribution in [3.05, 3.63) is 146 Å². The molecule has 0 bridgehead atoms. The summed E-state index contributed by atoms with van der Waals surface area (Å²) in [7, 11) is 0. The number of para-hydroxylation sites is 4. The number of hydrogen-bond acceptors (Lipinski definition) is 6. The van der Waals surface area contributed by atoms with Gasteiger partial charge in [-0.3, -0.25) is 30.2 Å². The van der Waals surface area contributed by atoms with Crippen molar-refractivity contribution >= 4 is 70.1 Å². The van der Waals surface area contributed by atoms with Crippen LogP contribution in [0.25, 0.3) is 0 Å². The number of hydrazine groups is 2. The maximum absolute atomic E-state index is 13.6. The largest absolute Gasteiger partial charge is 0.337 e. The van der Waals surface area contributed by atoms with E-state index >= 15 is 0 Å². The second-order valence-electron chi connectivity index (χ2n) is 11.9. The Morgan fingerprint density at radius 1 is 0.357 bits per heavy atom. The zero-order valence-corrected chi connectivity index (χ0v) is 30.0. The highest BCUT2D eigenvalue weighted by atomic mass is 16.2. The van der Waals surface area contributed by atoms with Gasteiger partial charge in [0, 0.05) is 60.1 Å². The Morgan fingerprint density at radius 3 is 0.946 bits per heavy atom.